The molecule has 0 atom stereocenters. The van der Waals surface area contributed by atoms with E-state index in [-0.39, 0.29) is 5.91 Å². The van der Waals surface area contributed by atoms with Gasteiger partial charge in [0.05, 0.1) is 17.5 Å². The zero-order valence-electron chi connectivity index (χ0n) is 13.1. The van der Waals surface area contributed by atoms with Crippen LogP contribution in [-0.2, 0) is 4.79 Å². The summed E-state index contributed by atoms with van der Waals surface area (Å²) in [6, 6.07) is 16.9. The standard InChI is InChI=1S/C19H16ClN3O/c1-22(17-11-9-16(20)10-12-17)13-5-6-15-14-21-23(19(15)24)18-7-3-2-4-8-18/h2-14H,1H3/b13-5+,15-6+. The van der Waals surface area contributed by atoms with Crippen molar-refractivity contribution in [3.05, 3.63) is 83.5 Å². The average Bonchev–Trinajstić information content (AvgIpc) is 2.97. The maximum atomic E-state index is 12.4. The van der Waals surface area contributed by atoms with E-state index < -0.39 is 0 Å². The van der Waals surface area contributed by atoms with E-state index in [0.717, 1.165) is 11.4 Å². The molecule has 4 nitrogen and oxygen atoms in total. The fourth-order valence-electron chi connectivity index (χ4n) is 2.26. The van der Waals surface area contributed by atoms with Crippen molar-refractivity contribution in [2.75, 3.05) is 17.0 Å². The molecule has 0 saturated heterocycles. The number of hydrazone groups is 1. The second-order valence-corrected chi connectivity index (χ2v) is 5.68. The van der Waals surface area contributed by atoms with Crippen molar-refractivity contribution in [3.63, 3.8) is 0 Å². The van der Waals surface area contributed by atoms with Gasteiger partial charge in [0, 0.05) is 24.0 Å². The number of benzene rings is 2. The Labute approximate surface area is 146 Å². The molecule has 0 aliphatic carbocycles. The topological polar surface area (TPSA) is 35.9 Å². The maximum absolute atomic E-state index is 12.4. The third kappa shape index (κ3) is 3.55. The number of hydrogen-bond donors (Lipinski definition) is 0. The highest BCUT2D eigenvalue weighted by molar-refractivity contribution is 6.30. The maximum Gasteiger partial charge on any atom is 0.280 e. The van der Waals surface area contributed by atoms with Crippen molar-refractivity contribution in [2.24, 2.45) is 5.10 Å². The molecular weight excluding hydrogens is 322 g/mol. The van der Waals surface area contributed by atoms with Gasteiger partial charge in [-0.3, -0.25) is 4.79 Å². The fraction of sp³-hybridized carbons (Fsp3) is 0.0526. The second-order valence-electron chi connectivity index (χ2n) is 5.25. The summed E-state index contributed by atoms with van der Waals surface area (Å²) in [5.41, 5.74) is 2.30. The Kier molecular flexibility index (Phi) is 4.77. The molecule has 0 spiro atoms. The zero-order chi connectivity index (χ0) is 16.9. The van der Waals surface area contributed by atoms with E-state index in [1.54, 1.807) is 12.3 Å². The molecule has 5 heteroatoms. The number of hydrogen-bond acceptors (Lipinski definition) is 3. The third-order valence-corrected chi connectivity index (χ3v) is 3.82. The van der Waals surface area contributed by atoms with Gasteiger partial charge in [-0.1, -0.05) is 29.8 Å². The summed E-state index contributed by atoms with van der Waals surface area (Å²) in [6.07, 6.45) is 7.02. The minimum absolute atomic E-state index is 0.139. The lowest BCUT2D eigenvalue weighted by molar-refractivity contribution is -0.114. The summed E-state index contributed by atoms with van der Waals surface area (Å²) >= 11 is 5.88. The third-order valence-electron chi connectivity index (χ3n) is 3.57. The van der Waals surface area contributed by atoms with Crippen LogP contribution in [0, 0.1) is 0 Å². The smallest absolute Gasteiger partial charge is 0.280 e. The zero-order valence-corrected chi connectivity index (χ0v) is 13.9. The number of anilines is 2. The Morgan fingerprint density at radius 1 is 1.08 bits per heavy atom. The SMILES string of the molecule is CN(/C=C/C=C1\C=NN(c2ccccc2)C1=O)c1ccc(Cl)cc1. The van der Waals surface area contributed by atoms with E-state index in [9.17, 15) is 4.79 Å². The first-order chi connectivity index (χ1) is 11.6. The molecule has 0 saturated carbocycles. The number of para-hydroxylation sites is 1. The van der Waals surface area contributed by atoms with Gasteiger partial charge in [0.2, 0.25) is 0 Å². The van der Waals surface area contributed by atoms with Crippen molar-refractivity contribution >= 4 is 35.1 Å². The summed E-state index contributed by atoms with van der Waals surface area (Å²) in [4.78, 5) is 14.3. The highest BCUT2D eigenvalue weighted by atomic mass is 35.5. The number of allylic oxidation sites excluding steroid dienone is 2. The molecule has 24 heavy (non-hydrogen) atoms. The van der Waals surface area contributed by atoms with Crippen molar-refractivity contribution in [2.45, 2.75) is 0 Å². The Hall–Kier alpha value is -2.85. The average molecular weight is 338 g/mol. The van der Waals surface area contributed by atoms with Crippen molar-refractivity contribution in [1.29, 1.82) is 0 Å². The largest absolute Gasteiger partial charge is 0.351 e. The van der Waals surface area contributed by atoms with Crippen LogP contribution in [0.5, 0.6) is 0 Å². The normalized spacial score (nSPS) is 15.7. The molecule has 0 unspecified atom stereocenters. The number of carbonyl (C=O) groups excluding carboxylic acids is 1. The molecule has 0 N–H and O–H groups in total. The Morgan fingerprint density at radius 2 is 1.79 bits per heavy atom. The van der Waals surface area contributed by atoms with Crippen LogP contribution in [0.1, 0.15) is 0 Å². The van der Waals surface area contributed by atoms with Gasteiger partial charge >= 0.3 is 0 Å². The van der Waals surface area contributed by atoms with E-state index in [4.69, 9.17) is 11.6 Å². The molecule has 2 aromatic rings. The Balaban J connectivity index is 1.68. The lowest BCUT2D eigenvalue weighted by Crippen LogP contribution is -2.20. The highest BCUT2D eigenvalue weighted by Gasteiger charge is 2.23. The van der Waals surface area contributed by atoms with Gasteiger partial charge in [0.1, 0.15) is 0 Å². The quantitative estimate of drug-likeness (QED) is 0.782. The van der Waals surface area contributed by atoms with Crippen molar-refractivity contribution < 1.29 is 4.79 Å². The van der Waals surface area contributed by atoms with Crippen LogP contribution in [0.3, 0.4) is 0 Å². The number of carbonyl (C=O) groups is 1. The first-order valence-corrected chi connectivity index (χ1v) is 7.83. The molecule has 0 fully saturated rings. The minimum Gasteiger partial charge on any atom is -0.351 e. The summed E-state index contributed by atoms with van der Waals surface area (Å²) in [7, 11) is 1.93. The molecule has 1 heterocycles. The van der Waals surface area contributed by atoms with Gasteiger partial charge in [0.25, 0.3) is 5.91 Å². The molecule has 0 aromatic heterocycles. The summed E-state index contributed by atoms with van der Waals surface area (Å²) in [6.45, 7) is 0. The number of amides is 1. The summed E-state index contributed by atoms with van der Waals surface area (Å²) in [5, 5.41) is 6.25. The van der Waals surface area contributed by atoms with Crippen molar-refractivity contribution in [3.8, 4) is 0 Å². The van der Waals surface area contributed by atoms with Gasteiger partial charge in [-0.05, 0) is 48.6 Å². The lowest BCUT2D eigenvalue weighted by Gasteiger charge is -2.13. The van der Waals surface area contributed by atoms with Crippen molar-refractivity contribution in [1.82, 2.24) is 0 Å². The molecular formula is C19H16ClN3O. The van der Waals surface area contributed by atoms with Crippen LogP contribution in [0.25, 0.3) is 0 Å². The van der Waals surface area contributed by atoms with Gasteiger partial charge in [-0.2, -0.15) is 10.1 Å². The lowest BCUT2D eigenvalue weighted by atomic mass is 10.2. The van der Waals surface area contributed by atoms with Crippen LogP contribution in [0.15, 0.2) is 83.6 Å². The van der Waals surface area contributed by atoms with Crippen LogP contribution < -0.4 is 9.91 Å². The first-order valence-electron chi connectivity index (χ1n) is 7.45. The molecule has 1 aliphatic rings. The Morgan fingerprint density at radius 3 is 2.50 bits per heavy atom. The highest BCUT2D eigenvalue weighted by Crippen LogP contribution is 2.20. The second kappa shape index (κ2) is 7.15. The monoisotopic (exact) mass is 337 g/mol. The van der Waals surface area contributed by atoms with E-state index in [1.807, 2.05) is 78.8 Å². The number of rotatable bonds is 4. The molecule has 3 rings (SSSR count). The van der Waals surface area contributed by atoms with Gasteiger partial charge in [0.15, 0.2) is 0 Å². The first kappa shape index (κ1) is 16.0. The van der Waals surface area contributed by atoms with Crippen LogP contribution in [0.2, 0.25) is 5.02 Å². The molecule has 0 bridgehead atoms. The Bertz CT molecular complexity index is 810. The van der Waals surface area contributed by atoms with Crippen LogP contribution in [-0.4, -0.2) is 19.2 Å². The fourth-order valence-corrected chi connectivity index (χ4v) is 2.38. The minimum atomic E-state index is -0.139. The molecule has 1 amide bonds. The molecule has 2 aromatic carbocycles. The molecule has 120 valence electrons. The van der Waals surface area contributed by atoms with Gasteiger partial charge in [-0.25, -0.2) is 0 Å². The summed E-state index contributed by atoms with van der Waals surface area (Å²) in [5.74, 6) is -0.139. The van der Waals surface area contributed by atoms with Crippen LogP contribution in [0.4, 0.5) is 11.4 Å². The number of halogens is 1. The predicted molar refractivity (Wildman–Crippen MR) is 99.5 cm³/mol. The van der Waals surface area contributed by atoms with E-state index in [1.165, 1.54) is 5.01 Å². The van der Waals surface area contributed by atoms with E-state index in [2.05, 4.69) is 5.10 Å². The van der Waals surface area contributed by atoms with E-state index >= 15 is 0 Å². The predicted octanol–water partition coefficient (Wildman–Crippen LogP) is 4.25. The van der Waals surface area contributed by atoms with Crippen LogP contribution >= 0.6 is 11.6 Å². The van der Waals surface area contributed by atoms with Gasteiger partial charge in [-0.15, -0.1) is 0 Å². The van der Waals surface area contributed by atoms with Gasteiger partial charge < -0.3 is 4.90 Å². The molecule has 0 radical (unpaired) electrons. The number of nitrogens with zero attached hydrogens (tertiary/aromatic N) is 3. The summed E-state index contributed by atoms with van der Waals surface area (Å²) < 4.78 is 0. The molecule has 1 aliphatic heterocycles. The van der Waals surface area contributed by atoms with E-state index in [0.29, 0.717) is 10.6 Å².